The van der Waals surface area contributed by atoms with Crippen LogP contribution in [0, 0.1) is 0 Å². The first-order valence-electron chi connectivity index (χ1n) is 11.4. The summed E-state index contributed by atoms with van der Waals surface area (Å²) in [4.78, 5) is 16.7. The van der Waals surface area contributed by atoms with Crippen molar-refractivity contribution in [3.05, 3.63) is 71.9 Å². The van der Waals surface area contributed by atoms with Crippen LogP contribution in [-0.4, -0.2) is 30.8 Å². The highest BCUT2D eigenvalue weighted by atomic mass is 16.5. The third-order valence-corrected chi connectivity index (χ3v) is 5.23. The first-order chi connectivity index (χ1) is 16.6. The van der Waals surface area contributed by atoms with E-state index < -0.39 is 0 Å². The summed E-state index contributed by atoms with van der Waals surface area (Å²) in [7, 11) is 0. The molecule has 1 unspecified atom stereocenters. The van der Waals surface area contributed by atoms with Crippen LogP contribution in [-0.2, 0) is 6.54 Å². The van der Waals surface area contributed by atoms with Crippen LogP contribution in [0.1, 0.15) is 37.4 Å². The molecule has 3 aromatic rings. The average Bonchev–Trinajstić information content (AvgIpc) is 3.10. The third kappa shape index (κ3) is 6.10. The number of carbonyl (C=O) groups excluding carboxylic acids is 1. The third-order valence-electron chi connectivity index (χ3n) is 5.23. The Kier molecular flexibility index (Phi) is 7.70. The van der Waals surface area contributed by atoms with Gasteiger partial charge in [0.05, 0.1) is 25.9 Å². The van der Waals surface area contributed by atoms with Gasteiger partial charge in [-0.2, -0.15) is 0 Å². The first-order valence-corrected chi connectivity index (χ1v) is 11.4. The van der Waals surface area contributed by atoms with Crippen LogP contribution in [0.3, 0.4) is 0 Å². The van der Waals surface area contributed by atoms with E-state index in [1.165, 1.54) is 0 Å². The Morgan fingerprint density at radius 3 is 2.62 bits per heavy atom. The van der Waals surface area contributed by atoms with Gasteiger partial charge in [-0.3, -0.25) is 0 Å². The van der Waals surface area contributed by atoms with E-state index in [1.807, 2.05) is 62.4 Å². The molecule has 0 aliphatic carbocycles. The molecule has 1 aliphatic heterocycles. The first kappa shape index (κ1) is 23.2. The topological polar surface area (TPSA) is 90.9 Å². The average molecular weight is 464 g/mol. The fraction of sp³-hybridized carbons (Fsp3) is 0.308. The Labute approximate surface area is 199 Å². The van der Waals surface area contributed by atoms with Crippen molar-refractivity contribution in [2.75, 3.05) is 19.8 Å². The van der Waals surface area contributed by atoms with Crippen molar-refractivity contribution in [2.45, 2.75) is 32.9 Å². The second-order valence-corrected chi connectivity index (χ2v) is 7.79. The van der Waals surface area contributed by atoms with Gasteiger partial charge in [-0.1, -0.05) is 24.3 Å². The minimum absolute atomic E-state index is 0.198. The molecule has 2 heterocycles. The summed E-state index contributed by atoms with van der Waals surface area (Å²) in [6.07, 6.45) is 2.52. The zero-order valence-corrected chi connectivity index (χ0v) is 19.4. The molecule has 0 radical (unpaired) electrons. The van der Waals surface area contributed by atoms with Crippen molar-refractivity contribution in [1.29, 1.82) is 0 Å². The normalized spacial score (nSPS) is 13.4. The number of fused-ring (bicyclic) bond motifs is 1. The highest BCUT2D eigenvalue weighted by molar-refractivity contribution is 5.74. The number of ether oxygens (including phenoxy) is 4. The molecule has 8 nitrogen and oxygen atoms in total. The molecular formula is C26H29N3O5. The zero-order valence-electron chi connectivity index (χ0n) is 19.4. The molecule has 1 atom stereocenters. The van der Waals surface area contributed by atoms with E-state index in [1.54, 1.807) is 12.3 Å². The molecule has 0 fully saturated rings. The van der Waals surface area contributed by atoms with Crippen LogP contribution in [0.4, 0.5) is 4.79 Å². The zero-order chi connectivity index (χ0) is 23.8. The minimum atomic E-state index is -0.273. The Bertz CT molecular complexity index is 1100. The summed E-state index contributed by atoms with van der Waals surface area (Å²) in [5.41, 5.74) is 1.79. The standard InChI is InChI=1S/C26H29N3O5/c1-3-31-21-7-4-5-8-23(21)34-25-12-9-19(16-27-25)17-28-26(30)29-18(2)20-10-11-22-24(15-20)33-14-6-13-32-22/h4-5,7-12,15-16,18H,3,6,13-14,17H2,1-2H3,(H2,28,29,30). The van der Waals surface area contributed by atoms with E-state index in [-0.39, 0.29) is 12.1 Å². The number of amides is 2. The molecule has 0 bridgehead atoms. The number of aromatic nitrogens is 1. The summed E-state index contributed by atoms with van der Waals surface area (Å²) in [5.74, 6) is 3.16. The van der Waals surface area contributed by atoms with E-state index in [2.05, 4.69) is 15.6 Å². The van der Waals surface area contributed by atoms with Crippen molar-refractivity contribution in [3.8, 4) is 28.9 Å². The quantitative estimate of drug-likeness (QED) is 0.489. The fourth-order valence-electron chi connectivity index (χ4n) is 3.46. The maximum atomic E-state index is 12.4. The number of benzene rings is 2. The van der Waals surface area contributed by atoms with Crippen molar-refractivity contribution in [2.24, 2.45) is 0 Å². The summed E-state index contributed by atoms with van der Waals surface area (Å²) in [6.45, 7) is 5.99. The number of urea groups is 1. The van der Waals surface area contributed by atoms with E-state index in [4.69, 9.17) is 18.9 Å². The molecule has 1 aromatic heterocycles. The SMILES string of the molecule is CCOc1ccccc1Oc1ccc(CNC(=O)NC(C)c2ccc3c(c2)OCCCO3)cn1. The van der Waals surface area contributed by atoms with Crippen LogP contribution in [0.2, 0.25) is 0 Å². The molecule has 178 valence electrons. The van der Waals surface area contributed by atoms with E-state index >= 15 is 0 Å². The predicted octanol–water partition coefficient (Wildman–Crippen LogP) is 4.99. The number of para-hydroxylation sites is 2. The number of hydrogen-bond donors (Lipinski definition) is 2. The van der Waals surface area contributed by atoms with Gasteiger partial charge in [0, 0.05) is 25.2 Å². The van der Waals surface area contributed by atoms with Crippen molar-refractivity contribution in [3.63, 3.8) is 0 Å². The Balaban J connectivity index is 1.28. The molecule has 2 aromatic carbocycles. The molecule has 0 saturated heterocycles. The fourth-order valence-corrected chi connectivity index (χ4v) is 3.46. The van der Waals surface area contributed by atoms with Gasteiger partial charge >= 0.3 is 6.03 Å². The maximum absolute atomic E-state index is 12.4. The van der Waals surface area contributed by atoms with Gasteiger partial charge in [0.15, 0.2) is 23.0 Å². The Morgan fingerprint density at radius 1 is 1.06 bits per heavy atom. The largest absolute Gasteiger partial charge is 0.490 e. The van der Waals surface area contributed by atoms with Crippen molar-refractivity contribution < 1.29 is 23.7 Å². The maximum Gasteiger partial charge on any atom is 0.315 e. The van der Waals surface area contributed by atoms with Gasteiger partial charge in [-0.25, -0.2) is 9.78 Å². The lowest BCUT2D eigenvalue weighted by Gasteiger charge is -2.17. The van der Waals surface area contributed by atoms with E-state index in [0.29, 0.717) is 49.5 Å². The molecule has 0 saturated carbocycles. The number of hydrogen-bond acceptors (Lipinski definition) is 6. The van der Waals surface area contributed by atoms with Crippen LogP contribution in [0.5, 0.6) is 28.9 Å². The summed E-state index contributed by atoms with van der Waals surface area (Å²) in [6, 6.07) is 16.3. The van der Waals surface area contributed by atoms with Gasteiger partial charge in [0.25, 0.3) is 0 Å². The summed E-state index contributed by atoms with van der Waals surface area (Å²) in [5, 5.41) is 5.81. The number of nitrogens with one attached hydrogen (secondary N) is 2. The lowest BCUT2D eigenvalue weighted by molar-refractivity contribution is 0.237. The molecule has 1 aliphatic rings. The van der Waals surface area contributed by atoms with Gasteiger partial charge < -0.3 is 29.6 Å². The summed E-state index contributed by atoms with van der Waals surface area (Å²) >= 11 is 0. The highest BCUT2D eigenvalue weighted by Gasteiger charge is 2.15. The van der Waals surface area contributed by atoms with Crippen LogP contribution in [0.25, 0.3) is 0 Å². The molecule has 2 amide bonds. The van der Waals surface area contributed by atoms with Crippen LogP contribution in [0.15, 0.2) is 60.8 Å². The monoisotopic (exact) mass is 463 g/mol. The van der Waals surface area contributed by atoms with Crippen molar-refractivity contribution in [1.82, 2.24) is 15.6 Å². The van der Waals surface area contributed by atoms with Gasteiger partial charge in [-0.15, -0.1) is 0 Å². The smallest absolute Gasteiger partial charge is 0.315 e. The van der Waals surface area contributed by atoms with Crippen LogP contribution < -0.4 is 29.6 Å². The molecule has 34 heavy (non-hydrogen) atoms. The second-order valence-electron chi connectivity index (χ2n) is 7.79. The van der Waals surface area contributed by atoms with Gasteiger partial charge in [0.1, 0.15) is 0 Å². The lowest BCUT2D eigenvalue weighted by atomic mass is 10.1. The lowest BCUT2D eigenvalue weighted by Crippen LogP contribution is -2.36. The molecule has 4 rings (SSSR count). The van der Waals surface area contributed by atoms with E-state index in [9.17, 15) is 4.79 Å². The number of rotatable bonds is 8. The van der Waals surface area contributed by atoms with Gasteiger partial charge in [-0.05, 0) is 49.2 Å². The second kappa shape index (κ2) is 11.3. The predicted molar refractivity (Wildman–Crippen MR) is 128 cm³/mol. The Hall–Kier alpha value is -3.94. The highest BCUT2D eigenvalue weighted by Crippen LogP contribution is 2.32. The van der Waals surface area contributed by atoms with Crippen molar-refractivity contribution >= 4 is 6.03 Å². The Morgan fingerprint density at radius 2 is 1.85 bits per heavy atom. The van der Waals surface area contributed by atoms with E-state index in [0.717, 1.165) is 23.3 Å². The van der Waals surface area contributed by atoms with Gasteiger partial charge in [0.2, 0.25) is 5.88 Å². The number of carbonyl (C=O) groups is 1. The molecular weight excluding hydrogens is 434 g/mol. The van der Waals surface area contributed by atoms with Crippen LogP contribution >= 0.6 is 0 Å². The molecule has 0 spiro atoms. The number of nitrogens with zero attached hydrogens (tertiary/aromatic N) is 1. The minimum Gasteiger partial charge on any atom is -0.490 e. The number of pyridine rings is 1. The molecule has 8 heteroatoms. The molecule has 2 N–H and O–H groups in total. The summed E-state index contributed by atoms with van der Waals surface area (Å²) < 4.78 is 22.8.